The molecular weight excluding hydrogens is 569 g/mol. The fourth-order valence-corrected chi connectivity index (χ4v) is 5.50. The van der Waals surface area contributed by atoms with Crippen molar-refractivity contribution in [3.8, 4) is 17.2 Å². The highest BCUT2D eigenvalue weighted by Crippen LogP contribution is 2.35. The van der Waals surface area contributed by atoms with Gasteiger partial charge in [0.05, 0.1) is 10.2 Å². The van der Waals surface area contributed by atoms with Gasteiger partial charge in [0.25, 0.3) is 0 Å². The lowest BCUT2D eigenvalue weighted by Gasteiger charge is -2.18. The molecule has 40 heavy (non-hydrogen) atoms. The predicted octanol–water partition coefficient (Wildman–Crippen LogP) is 4.00. The SMILES string of the molecule is [Si]c1ccc(O[Si]OCCc2ccccc2)c(O[Si]OCCc2ccccc2)c1O[Si]OCCc1ccccc1. The molecule has 0 atom stereocenters. The second-order valence-corrected chi connectivity index (χ2v) is 11.1. The van der Waals surface area contributed by atoms with Gasteiger partial charge in [-0.15, -0.1) is 0 Å². The normalized spacial score (nSPS) is 10.8. The Morgan fingerprint density at radius 3 is 1.30 bits per heavy atom. The van der Waals surface area contributed by atoms with Crippen LogP contribution in [-0.2, 0) is 32.5 Å². The standard InChI is InChI=1S/C30H29O6Si4/c37-28-17-16-27(34-38-31-21-18-24-10-4-1-5-11-24)29(35-39-32-22-19-25-12-6-2-7-13-25)30(28)36-40-33-23-20-26-14-8-3-9-15-26/h1-17H,18-23H2. The van der Waals surface area contributed by atoms with Gasteiger partial charge in [-0.05, 0) is 47.2 Å². The zero-order valence-corrected chi connectivity index (χ0v) is 26.0. The van der Waals surface area contributed by atoms with Crippen molar-refractivity contribution in [1.29, 1.82) is 0 Å². The number of hydrogen-bond acceptors (Lipinski definition) is 6. The third-order valence-corrected chi connectivity index (χ3v) is 7.94. The maximum absolute atomic E-state index is 6.06. The summed E-state index contributed by atoms with van der Waals surface area (Å²) in [6.45, 7) is 1.64. The highest BCUT2D eigenvalue weighted by molar-refractivity contribution is 6.36. The van der Waals surface area contributed by atoms with Crippen LogP contribution in [0, 0.1) is 0 Å². The van der Waals surface area contributed by atoms with Crippen LogP contribution in [0.5, 0.6) is 17.2 Å². The second kappa shape index (κ2) is 17.7. The Hall–Kier alpha value is -2.97. The first kappa shape index (κ1) is 30.0. The van der Waals surface area contributed by atoms with Gasteiger partial charge in [-0.1, -0.05) is 97.1 Å². The van der Waals surface area contributed by atoms with Gasteiger partial charge in [-0.25, -0.2) is 0 Å². The Balaban J connectivity index is 1.30. The van der Waals surface area contributed by atoms with Gasteiger partial charge in [0, 0.05) is 19.8 Å². The predicted molar refractivity (Wildman–Crippen MR) is 159 cm³/mol. The molecule has 0 aliphatic carbocycles. The van der Waals surface area contributed by atoms with E-state index in [-0.39, 0.29) is 30.0 Å². The number of rotatable bonds is 18. The van der Waals surface area contributed by atoms with E-state index in [1.54, 1.807) is 0 Å². The molecule has 201 valence electrons. The second-order valence-electron chi connectivity index (χ2n) is 8.58. The van der Waals surface area contributed by atoms with E-state index in [0.29, 0.717) is 37.1 Å². The number of benzene rings is 4. The molecule has 0 saturated heterocycles. The summed E-state index contributed by atoms with van der Waals surface area (Å²) in [5, 5.41) is 0.726. The van der Waals surface area contributed by atoms with Crippen molar-refractivity contribution in [2.75, 3.05) is 19.8 Å². The van der Waals surface area contributed by atoms with Crippen LogP contribution in [0.2, 0.25) is 0 Å². The molecule has 0 amide bonds. The van der Waals surface area contributed by atoms with Crippen LogP contribution in [0.15, 0.2) is 103 Å². The van der Waals surface area contributed by atoms with Crippen molar-refractivity contribution >= 4 is 45.4 Å². The van der Waals surface area contributed by atoms with Crippen molar-refractivity contribution in [2.24, 2.45) is 0 Å². The van der Waals surface area contributed by atoms with Crippen LogP contribution in [0.1, 0.15) is 16.7 Å². The molecule has 6 nitrogen and oxygen atoms in total. The van der Waals surface area contributed by atoms with Crippen LogP contribution in [0.25, 0.3) is 0 Å². The van der Waals surface area contributed by atoms with Gasteiger partial charge in [0.2, 0.25) is 0 Å². The molecule has 0 spiro atoms. The average Bonchev–Trinajstić information content (AvgIpc) is 3.00. The minimum atomic E-state index is -0.233. The Labute approximate surface area is 247 Å². The molecule has 0 N–H and O–H groups in total. The summed E-state index contributed by atoms with van der Waals surface area (Å²) in [4.78, 5) is 0. The summed E-state index contributed by atoms with van der Waals surface area (Å²) in [5.74, 6) is 1.47. The fourth-order valence-electron chi connectivity index (χ4n) is 3.61. The van der Waals surface area contributed by atoms with E-state index in [2.05, 4.69) is 46.6 Å². The number of hydrogen-bond donors (Lipinski definition) is 0. The molecule has 9 radical (unpaired) electrons. The molecule has 0 saturated carbocycles. The quantitative estimate of drug-likeness (QED) is 0.128. The fraction of sp³-hybridized carbons (Fsp3) is 0.200. The molecule has 4 aromatic rings. The molecule has 0 aliphatic heterocycles. The van der Waals surface area contributed by atoms with Crippen LogP contribution >= 0.6 is 0 Å². The topological polar surface area (TPSA) is 55.4 Å². The molecule has 0 aromatic heterocycles. The maximum atomic E-state index is 6.06. The van der Waals surface area contributed by atoms with E-state index in [1.165, 1.54) is 16.7 Å². The Kier molecular flexibility index (Phi) is 13.2. The smallest absolute Gasteiger partial charge is 0.515 e. The molecule has 0 heterocycles. The Morgan fingerprint density at radius 2 is 0.850 bits per heavy atom. The van der Waals surface area contributed by atoms with Gasteiger partial charge in [0.15, 0.2) is 11.5 Å². The van der Waals surface area contributed by atoms with Gasteiger partial charge in [-0.3, -0.25) is 0 Å². The van der Waals surface area contributed by atoms with E-state index in [4.69, 9.17) is 26.6 Å². The molecule has 0 aliphatic rings. The van der Waals surface area contributed by atoms with Gasteiger partial charge < -0.3 is 26.6 Å². The lowest BCUT2D eigenvalue weighted by Crippen LogP contribution is -2.20. The molecule has 0 fully saturated rings. The first-order valence-corrected chi connectivity index (χ1v) is 15.9. The monoisotopic (exact) mass is 597 g/mol. The van der Waals surface area contributed by atoms with Gasteiger partial charge >= 0.3 is 30.0 Å². The highest BCUT2D eigenvalue weighted by Gasteiger charge is 2.18. The third kappa shape index (κ3) is 10.5. The van der Waals surface area contributed by atoms with Crippen molar-refractivity contribution in [2.45, 2.75) is 19.3 Å². The molecule has 4 aromatic carbocycles. The van der Waals surface area contributed by atoms with Crippen molar-refractivity contribution in [3.63, 3.8) is 0 Å². The summed E-state index contributed by atoms with van der Waals surface area (Å²) >= 11 is 0. The van der Waals surface area contributed by atoms with Crippen LogP contribution in [-0.4, -0.2) is 60.1 Å². The summed E-state index contributed by atoms with van der Waals surface area (Å²) in [5.41, 5.74) is 3.65. The van der Waals surface area contributed by atoms with Crippen molar-refractivity contribution in [3.05, 3.63) is 120 Å². The zero-order valence-electron chi connectivity index (χ0n) is 22.0. The van der Waals surface area contributed by atoms with E-state index in [9.17, 15) is 0 Å². The van der Waals surface area contributed by atoms with Crippen LogP contribution < -0.4 is 18.5 Å². The average molecular weight is 598 g/mol. The van der Waals surface area contributed by atoms with Crippen molar-refractivity contribution < 1.29 is 26.6 Å². The summed E-state index contributed by atoms with van der Waals surface area (Å²) in [7, 11) is 3.00. The third-order valence-electron chi connectivity index (χ3n) is 5.70. The molecule has 4 rings (SSSR count). The van der Waals surface area contributed by atoms with E-state index >= 15 is 0 Å². The molecular formula is C30H29O6Si4. The summed E-state index contributed by atoms with van der Waals surface area (Å²) < 4.78 is 35.4. The first-order chi connectivity index (χ1) is 19.8. The molecule has 0 unspecified atom stereocenters. The first-order valence-electron chi connectivity index (χ1n) is 12.9. The lowest BCUT2D eigenvalue weighted by atomic mass is 10.2. The Bertz CT molecular complexity index is 1250. The van der Waals surface area contributed by atoms with E-state index < -0.39 is 0 Å². The summed E-state index contributed by atoms with van der Waals surface area (Å²) in [6, 6.07) is 34.3. The van der Waals surface area contributed by atoms with Gasteiger partial charge in [0.1, 0.15) is 5.75 Å². The largest absolute Gasteiger partial charge is 0.521 e. The van der Waals surface area contributed by atoms with Crippen LogP contribution in [0.3, 0.4) is 0 Å². The van der Waals surface area contributed by atoms with Crippen LogP contribution in [0.4, 0.5) is 0 Å². The molecule has 0 bridgehead atoms. The minimum Gasteiger partial charge on any atom is -0.515 e. The highest BCUT2D eigenvalue weighted by atomic mass is 28.3. The lowest BCUT2D eigenvalue weighted by molar-refractivity contribution is 0.274. The van der Waals surface area contributed by atoms with E-state index in [1.807, 2.05) is 66.7 Å². The zero-order chi connectivity index (χ0) is 27.7. The van der Waals surface area contributed by atoms with Gasteiger partial charge in [-0.2, -0.15) is 0 Å². The van der Waals surface area contributed by atoms with Crippen molar-refractivity contribution in [1.82, 2.24) is 0 Å². The Morgan fingerprint density at radius 1 is 0.450 bits per heavy atom. The minimum absolute atomic E-state index is 0.194. The molecule has 10 heteroatoms. The van der Waals surface area contributed by atoms with E-state index in [0.717, 1.165) is 24.4 Å². The summed E-state index contributed by atoms with van der Waals surface area (Å²) in [6.07, 6.45) is 2.42. The maximum Gasteiger partial charge on any atom is 0.521 e.